The Labute approximate surface area is 123 Å². The Morgan fingerprint density at radius 3 is 2.50 bits per heavy atom. The van der Waals surface area contributed by atoms with E-state index in [4.69, 9.17) is 4.74 Å². The largest absolute Gasteiger partial charge is 0.377 e. The zero-order valence-electron chi connectivity index (χ0n) is 13.2. The Morgan fingerprint density at radius 1 is 1.15 bits per heavy atom. The summed E-state index contributed by atoms with van der Waals surface area (Å²) < 4.78 is 5.86. The minimum absolute atomic E-state index is 0.355. The van der Waals surface area contributed by atoms with Gasteiger partial charge >= 0.3 is 0 Å². The molecule has 1 aliphatic carbocycles. The second-order valence-electron chi connectivity index (χ2n) is 7.11. The van der Waals surface area contributed by atoms with Crippen molar-refractivity contribution in [1.29, 1.82) is 0 Å². The molecule has 0 radical (unpaired) electrons. The summed E-state index contributed by atoms with van der Waals surface area (Å²) in [5, 5.41) is 3.58. The van der Waals surface area contributed by atoms with Crippen LogP contribution in [-0.2, 0) is 17.8 Å². The molecule has 112 valence electrons. The second kappa shape index (κ2) is 7.24. The molecule has 0 atom stereocenters. The Balaban J connectivity index is 1.74. The average Bonchev–Trinajstić information content (AvgIpc) is 3.19. The van der Waals surface area contributed by atoms with Gasteiger partial charge in [-0.2, -0.15) is 0 Å². The summed E-state index contributed by atoms with van der Waals surface area (Å²) in [4.78, 5) is 0. The first kappa shape index (κ1) is 15.5. The first-order valence-corrected chi connectivity index (χ1v) is 7.92. The molecule has 20 heavy (non-hydrogen) atoms. The third-order valence-electron chi connectivity index (χ3n) is 3.78. The van der Waals surface area contributed by atoms with Gasteiger partial charge < -0.3 is 10.1 Å². The zero-order valence-corrected chi connectivity index (χ0v) is 13.2. The minimum atomic E-state index is 0.355. The van der Waals surface area contributed by atoms with Gasteiger partial charge in [-0.15, -0.1) is 0 Å². The van der Waals surface area contributed by atoms with Crippen molar-refractivity contribution in [1.82, 2.24) is 5.32 Å². The molecule has 2 nitrogen and oxygen atoms in total. The molecule has 0 unspecified atom stereocenters. The molecule has 1 saturated carbocycles. The molecule has 1 aromatic carbocycles. The number of ether oxygens (including phenoxy) is 1. The van der Waals surface area contributed by atoms with Gasteiger partial charge in [0.25, 0.3) is 0 Å². The lowest BCUT2D eigenvalue weighted by atomic mass is 9.93. The molecular formula is C18H29NO. The fourth-order valence-corrected chi connectivity index (χ4v) is 2.20. The van der Waals surface area contributed by atoms with Crippen LogP contribution in [0.25, 0.3) is 0 Å². The number of hydrogen-bond acceptors (Lipinski definition) is 2. The smallest absolute Gasteiger partial charge is 0.0719 e. The highest BCUT2D eigenvalue weighted by Crippen LogP contribution is 2.20. The van der Waals surface area contributed by atoms with Crippen LogP contribution in [0.5, 0.6) is 0 Å². The molecule has 2 heteroatoms. The summed E-state index contributed by atoms with van der Waals surface area (Å²) in [6.45, 7) is 9.45. The summed E-state index contributed by atoms with van der Waals surface area (Å²) in [6.07, 6.45) is 4.93. The normalized spacial score (nSPS) is 15.6. The first-order valence-electron chi connectivity index (χ1n) is 7.92. The summed E-state index contributed by atoms with van der Waals surface area (Å²) in [7, 11) is 0. The Bertz CT molecular complexity index is 404. The quantitative estimate of drug-likeness (QED) is 0.726. The van der Waals surface area contributed by atoms with Gasteiger partial charge in [0.05, 0.1) is 6.61 Å². The van der Waals surface area contributed by atoms with Crippen molar-refractivity contribution in [2.24, 2.45) is 5.41 Å². The highest BCUT2D eigenvalue weighted by atomic mass is 16.5. The maximum atomic E-state index is 5.86. The monoisotopic (exact) mass is 275 g/mol. The van der Waals surface area contributed by atoms with Crippen LogP contribution in [0.3, 0.4) is 0 Å². The van der Waals surface area contributed by atoms with Gasteiger partial charge in [0.2, 0.25) is 0 Å². The molecule has 2 rings (SSSR count). The zero-order chi connectivity index (χ0) is 14.4. The van der Waals surface area contributed by atoms with Crippen molar-refractivity contribution in [3.05, 3.63) is 35.4 Å². The van der Waals surface area contributed by atoms with Crippen LogP contribution in [0.2, 0.25) is 0 Å². The van der Waals surface area contributed by atoms with Crippen LogP contribution in [0.4, 0.5) is 0 Å². The van der Waals surface area contributed by atoms with Gasteiger partial charge in [-0.3, -0.25) is 0 Å². The Kier molecular flexibility index (Phi) is 5.62. The molecule has 0 bridgehead atoms. The summed E-state index contributed by atoms with van der Waals surface area (Å²) in [5.74, 6) is 0. The number of nitrogens with one attached hydrogen (secondary N) is 1. The van der Waals surface area contributed by atoms with E-state index in [0.29, 0.717) is 5.41 Å². The maximum Gasteiger partial charge on any atom is 0.0719 e. The number of rotatable bonds is 8. The highest BCUT2D eigenvalue weighted by Gasteiger charge is 2.19. The number of hydrogen-bond donors (Lipinski definition) is 1. The number of benzene rings is 1. The molecule has 0 saturated heterocycles. The molecule has 1 aliphatic rings. The van der Waals surface area contributed by atoms with Crippen LogP contribution in [-0.4, -0.2) is 19.2 Å². The topological polar surface area (TPSA) is 21.3 Å². The van der Waals surface area contributed by atoms with E-state index < -0.39 is 0 Å². The van der Waals surface area contributed by atoms with E-state index in [-0.39, 0.29) is 0 Å². The van der Waals surface area contributed by atoms with E-state index in [0.717, 1.165) is 38.6 Å². The molecule has 0 aromatic heterocycles. The van der Waals surface area contributed by atoms with E-state index in [1.807, 2.05) is 0 Å². The van der Waals surface area contributed by atoms with Gasteiger partial charge in [-0.05, 0) is 48.8 Å². The summed E-state index contributed by atoms with van der Waals surface area (Å²) in [5.41, 5.74) is 3.13. The Morgan fingerprint density at radius 2 is 1.85 bits per heavy atom. The lowest BCUT2D eigenvalue weighted by Gasteiger charge is -2.18. The van der Waals surface area contributed by atoms with E-state index in [9.17, 15) is 0 Å². The van der Waals surface area contributed by atoms with Gasteiger partial charge in [0, 0.05) is 12.6 Å². The molecule has 0 aliphatic heterocycles. The summed E-state index contributed by atoms with van der Waals surface area (Å²) in [6, 6.07) is 9.47. The van der Waals surface area contributed by atoms with Crippen LogP contribution in [0.1, 0.15) is 51.2 Å². The van der Waals surface area contributed by atoms with Gasteiger partial charge in [0.15, 0.2) is 0 Å². The van der Waals surface area contributed by atoms with E-state index in [2.05, 4.69) is 50.4 Å². The van der Waals surface area contributed by atoms with Crippen LogP contribution in [0.15, 0.2) is 24.3 Å². The van der Waals surface area contributed by atoms with Crippen molar-refractivity contribution in [3.63, 3.8) is 0 Å². The second-order valence-corrected chi connectivity index (χ2v) is 7.11. The van der Waals surface area contributed by atoms with Gasteiger partial charge in [0.1, 0.15) is 0 Å². The van der Waals surface area contributed by atoms with Crippen LogP contribution < -0.4 is 5.32 Å². The first-order chi connectivity index (χ1) is 9.54. The molecule has 1 fully saturated rings. The molecule has 1 N–H and O–H groups in total. The SMILES string of the molecule is CC(C)(C)CCOCc1ccccc1CCNC1CC1. The molecule has 0 spiro atoms. The maximum absolute atomic E-state index is 5.86. The van der Waals surface area contributed by atoms with Gasteiger partial charge in [-0.25, -0.2) is 0 Å². The standard InChI is InChI=1S/C18H29NO/c1-18(2,3)11-13-20-14-16-7-5-4-6-15(16)10-12-19-17-8-9-17/h4-7,17,19H,8-14H2,1-3H3. The molecule has 0 amide bonds. The third-order valence-corrected chi connectivity index (χ3v) is 3.78. The minimum Gasteiger partial charge on any atom is -0.377 e. The lowest BCUT2D eigenvalue weighted by Crippen LogP contribution is -2.19. The van der Waals surface area contributed by atoms with Crippen LogP contribution in [0, 0.1) is 5.41 Å². The fraction of sp³-hybridized carbons (Fsp3) is 0.667. The lowest BCUT2D eigenvalue weighted by molar-refractivity contribution is 0.0958. The van der Waals surface area contributed by atoms with Crippen molar-refractivity contribution >= 4 is 0 Å². The van der Waals surface area contributed by atoms with E-state index in [1.54, 1.807) is 0 Å². The van der Waals surface area contributed by atoms with E-state index in [1.165, 1.54) is 24.0 Å². The highest BCUT2D eigenvalue weighted by molar-refractivity contribution is 5.26. The van der Waals surface area contributed by atoms with Crippen molar-refractivity contribution in [2.45, 2.75) is 59.1 Å². The van der Waals surface area contributed by atoms with E-state index >= 15 is 0 Å². The predicted molar refractivity (Wildman–Crippen MR) is 84.9 cm³/mol. The fourth-order valence-electron chi connectivity index (χ4n) is 2.20. The Hall–Kier alpha value is -0.860. The molecular weight excluding hydrogens is 246 g/mol. The molecule has 0 heterocycles. The summed E-state index contributed by atoms with van der Waals surface area (Å²) >= 11 is 0. The predicted octanol–water partition coefficient (Wildman–Crippen LogP) is 3.93. The van der Waals surface area contributed by atoms with Crippen molar-refractivity contribution in [3.8, 4) is 0 Å². The van der Waals surface area contributed by atoms with Crippen molar-refractivity contribution in [2.75, 3.05) is 13.2 Å². The third kappa shape index (κ3) is 6.06. The molecule has 1 aromatic rings. The van der Waals surface area contributed by atoms with Crippen molar-refractivity contribution < 1.29 is 4.74 Å². The van der Waals surface area contributed by atoms with Gasteiger partial charge in [-0.1, -0.05) is 45.0 Å². The van der Waals surface area contributed by atoms with Crippen LogP contribution >= 0.6 is 0 Å². The average molecular weight is 275 g/mol.